The minimum absolute atomic E-state index is 0.0263. The van der Waals surface area contributed by atoms with Crippen LogP contribution in [0.1, 0.15) is 27.2 Å². The molecule has 0 bridgehead atoms. The van der Waals surface area contributed by atoms with Crippen LogP contribution in [0.2, 0.25) is 6.04 Å². The maximum atomic E-state index is 11.9. The first-order valence-corrected chi connectivity index (χ1v) is 17.8. The molecular formula is C26H35N3O9S2Si. The zero-order valence-corrected chi connectivity index (χ0v) is 26.0. The second-order valence-corrected chi connectivity index (χ2v) is 14.5. The van der Waals surface area contributed by atoms with Crippen molar-refractivity contribution in [3.05, 3.63) is 54.6 Å². The van der Waals surface area contributed by atoms with Crippen LogP contribution >= 0.6 is 0 Å². The summed E-state index contributed by atoms with van der Waals surface area (Å²) in [4.78, 5) is 0.775. The number of fused-ring (bicyclic) bond motifs is 1. The fourth-order valence-corrected chi connectivity index (χ4v) is 8.20. The number of benzene rings is 3. The Labute approximate surface area is 241 Å². The molecule has 0 unspecified atom stereocenters. The molecule has 15 heteroatoms. The van der Waals surface area contributed by atoms with Gasteiger partial charge in [-0.15, -0.1) is 0 Å². The molecule has 3 aromatic rings. The lowest BCUT2D eigenvalue weighted by Crippen LogP contribution is -2.46. The lowest BCUT2D eigenvalue weighted by atomic mass is 10.1. The van der Waals surface area contributed by atoms with Crippen molar-refractivity contribution >= 4 is 56.9 Å². The molecule has 0 aliphatic carbocycles. The third-order valence-electron chi connectivity index (χ3n) is 6.09. The summed E-state index contributed by atoms with van der Waals surface area (Å²) in [7, 11) is -10.2. The van der Waals surface area contributed by atoms with Gasteiger partial charge in [-0.3, -0.25) is 9.11 Å². The van der Waals surface area contributed by atoms with E-state index in [9.17, 15) is 25.9 Å². The highest BCUT2D eigenvalue weighted by Crippen LogP contribution is 2.31. The first-order chi connectivity index (χ1) is 19.3. The van der Waals surface area contributed by atoms with Crippen LogP contribution in [0.15, 0.2) is 74.6 Å². The highest BCUT2D eigenvalue weighted by molar-refractivity contribution is 7.86. The van der Waals surface area contributed by atoms with E-state index in [1.54, 1.807) is 12.1 Å². The molecule has 0 aromatic heterocycles. The molecule has 41 heavy (non-hydrogen) atoms. The molecule has 3 aromatic carbocycles. The smallest absolute Gasteiger partial charge is 0.375 e. The van der Waals surface area contributed by atoms with Gasteiger partial charge in [0.15, 0.2) is 0 Å². The summed E-state index contributed by atoms with van der Waals surface area (Å²) in [5, 5.41) is 8.55. The first-order valence-electron chi connectivity index (χ1n) is 13.0. The largest absolute Gasteiger partial charge is 0.500 e. The van der Waals surface area contributed by atoms with Crippen molar-refractivity contribution in [1.29, 1.82) is 0 Å². The zero-order valence-electron chi connectivity index (χ0n) is 23.3. The molecule has 0 saturated heterocycles. The van der Waals surface area contributed by atoms with Gasteiger partial charge in [0.05, 0.1) is 16.3 Å². The predicted octanol–water partition coefficient (Wildman–Crippen LogP) is 5.62. The quantitative estimate of drug-likeness (QED) is 0.123. The van der Waals surface area contributed by atoms with Gasteiger partial charge in [0.1, 0.15) is 4.90 Å². The van der Waals surface area contributed by atoms with Crippen molar-refractivity contribution in [2.24, 2.45) is 10.2 Å². The number of rotatable bonds is 15. The molecule has 2 N–H and O–H groups in total. The lowest BCUT2D eigenvalue weighted by molar-refractivity contribution is 0.0709. The summed E-state index contributed by atoms with van der Waals surface area (Å²) in [6.07, 6.45) is 0.823. The van der Waals surface area contributed by atoms with Crippen LogP contribution in [0, 0.1) is 0 Å². The average molecular weight is 626 g/mol. The number of nitrogens with zero attached hydrogens (tertiary/aromatic N) is 3. The average Bonchev–Trinajstić information content (AvgIpc) is 2.90. The van der Waals surface area contributed by atoms with Crippen LogP contribution in [0.25, 0.3) is 10.8 Å². The summed E-state index contributed by atoms with van der Waals surface area (Å²) in [5.74, 6) is 0. The molecule has 3 rings (SSSR count). The molecule has 0 fully saturated rings. The maximum Gasteiger partial charge on any atom is 0.500 e. The Bertz CT molecular complexity index is 1560. The highest BCUT2D eigenvalue weighted by atomic mass is 32.2. The van der Waals surface area contributed by atoms with Crippen molar-refractivity contribution in [2.45, 2.75) is 43.0 Å². The van der Waals surface area contributed by atoms with Crippen LogP contribution in [0.5, 0.6) is 0 Å². The summed E-state index contributed by atoms with van der Waals surface area (Å²) in [6.45, 7) is 8.17. The van der Waals surface area contributed by atoms with E-state index >= 15 is 0 Å². The normalized spacial score (nSPS) is 12.8. The van der Waals surface area contributed by atoms with Gasteiger partial charge in [-0.25, -0.2) is 0 Å². The molecule has 0 amide bonds. The summed E-state index contributed by atoms with van der Waals surface area (Å²) >= 11 is 0. The topological polar surface area (TPSA) is 164 Å². The van der Waals surface area contributed by atoms with E-state index in [2.05, 4.69) is 15.1 Å². The van der Waals surface area contributed by atoms with Crippen LogP contribution < -0.4 is 4.90 Å². The summed E-state index contributed by atoms with van der Waals surface area (Å²) < 4.78 is 83.6. The second kappa shape index (κ2) is 13.9. The number of hydrogen-bond acceptors (Lipinski definition) is 10. The third kappa shape index (κ3) is 8.86. The van der Waals surface area contributed by atoms with Crippen molar-refractivity contribution in [1.82, 2.24) is 0 Å². The Kier molecular flexibility index (Phi) is 11.1. The molecule has 0 aliphatic heterocycles. The Hall–Kier alpha value is -2.76. The highest BCUT2D eigenvalue weighted by Gasteiger charge is 2.39. The molecule has 224 valence electrons. The fraction of sp³-hybridized carbons (Fsp3) is 0.385. The van der Waals surface area contributed by atoms with E-state index in [0.717, 1.165) is 24.7 Å². The van der Waals surface area contributed by atoms with Gasteiger partial charge in [0.2, 0.25) is 0 Å². The molecule has 0 heterocycles. The first kappa shape index (κ1) is 32.7. The predicted molar refractivity (Wildman–Crippen MR) is 158 cm³/mol. The van der Waals surface area contributed by atoms with Crippen LogP contribution in [0.4, 0.5) is 17.1 Å². The Morgan fingerprint density at radius 2 is 1.34 bits per heavy atom. The van der Waals surface area contributed by atoms with E-state index < -0.39 is 38.8 Å². The molecule has 0 spiro atoms. The Morgan fingerprint density at radius 1 is 0.780 bits per heavy atom. The van der Waals surface area contributed by atoms with Crippen LogP contribution in [-0.4, -0.2) is 68.2 Å². The number of azo groups is 1. The van der Waals surface area contributed by atoms with Crippen LogP contribution in [-0.2, 0) is 33.5 Å². The van der Waals surface area contributed by atoms with Gasteiger partial charge in [0, 0.05) is 50.5 Å². The van der Waals surface area contributed by atoms with Crippen molar-refractivity contribution in [3.63, 3.8) is 0 Å². The van der Waals surface area contributed by atoms with E-state index in [-0.39, 0.29) is 16.5 Å². The monoisotopic (exact) mass is 625 g/mol. The van der Waals surface area contributed by atoms with E-state index in [1.807, 2.05) is 40.0 Å². The number of anilines is 1. The Morgan fingerprint density at radius 3 is 1.88 bits per heavy atom. The minimum Gasteiger partial charge on any atom is -0.375 e. The lowest BCUT2D eigenvalue weighted by Gasteiger charge is -2.29. The Balaban J connectivity index is 1.73. The van der Waals surface area contributed by atoms with E-state index in [4.69, 9.17) is 13.3 Å². The fourth-order valence-electron chi connectivity index (χ4n) is 4.26. The standard InChI is InChI=1S/C26H35N3O9S2Si/c1-5-36-41(37-6-2,38-7-3)16-8-15-29(4)23-13-11-21(12-14-23)27-28-22-10-9-20-17-24(39(30,31)32)19-26(25(20)18-22)40(33,34)35/h9-14,17-19H,5-8,15-16H2,1-4H3,(H,30,31,32)(H,33,34,35). The van der Waals surface area contributed by atoms with Gasteiger partial charge >= 0.3 is 8.80 Å². The van der Waals surface area contributed by atoms with Gasteiger partial charge in [0.25, 0.3) is 20.2 Å². The second-order valence-electron chi connectivity index (χ2n) is 9.00. The molecule has 12 nitrogen and oxygen atoms in total. The molecular weight excluding hydrogens is 591 g/mol. The van der Waals surface area contributed by atoms with E-state index in [0.29, 0.717) is 37.6 Å². The molecule has 0 atom stereocenters. The SMILES string of the molecule is CCO[Si](CCCN(C)c1ccc(N=Nc2ccc3cc(S(=O)(=O)O)cc(S(=O)(=O)O)c3c2)cc1)(OCC)OCC. The van der Waals surface area contributed by atoms with Crippen molar-refractivity contribution in [2.75, 3.05) is 38.3 Å². The minimum atomic E-state index is -4.80. The molecule has 0 radical (unpaired) electrons. The van der Waals surface area contributed by atoms with Gasteiger partial charge < -0.3 is 18.2 Å². The number of hydrogen-bond donors (Lipinski definition) is 2. The van der Waals surface area contributed by atoms with Crippen molar-refractivity contribution < 1.29 is 39.2 Å². The summed E-state index contributed by atoms with van der Waals surface area (Å²) in [5.41, 5.74) is 1.79. The molecule has 0 saturated carbocycles. The molecule has 0 aliphatic rings. The summed E-state index contributed by atoms with van der Waals surface area (Å²) in [6, 6.07) is 14.2. The van der Waals surface area contributed by atoms with E-state index in [1.165, 1.54) is 18.2 Å². The maximum absolute atomic E-state index is 11.9. The third-order valence-corrected chi connectivity index (χ3v) is 11.0. The van der Waals surface area contributed by atoms with Crippen molar-refractivity contribution in [3.8, 4) is 0 Å². The zero-order chi connectivity index (χ0) is 30.3. The van der Waals surface area contributed by atoms with Gasteiger partial charge in [-0.1, -0.05) is 6.07 Å². The van der Waals surface area contributed by atoms with Gasteiger partial charge in [-0.2, -0.15) is 27.1 Å². The van der Waals surface area contributed by atoms with Crippen LogP contribution in [0.3, 0.4) is 0 Å². The van der Waals surface area contributed by atoms with Gasteiger partial charge in [-0.05, 0) is 81.1 Å².